The zero-order valence-electron chi connectivity index (χ0n) is 10.9. The van der Waals surface area contributed by atoms with Gasteiger partial charge >= 0.3 is 0 Å². The van der Waals surface area contributed by atoms with Crippen LogP contribution < -0.4 is 0 Å². The van der Waals surface area contributed by atoms with Gasteiger partial charge in [0, 0.05) is 37.6 Å². The lowest BCUT2D eigenvalue weighted by molar-refractivity contribution is -0.106. The third kappa shape index (κ3) is 4.70. The summed E-state index contributed by atoms with van der Waals surface area (Å²) in [4.78, 5) is 0. The summed E-state index contributed by atoms with van der Waals surface area (Å²) >= 11 is 5.62. The molecule has 0 radical (unpaired) electrons. The highest BCUT2D eigenvalue weighted by Gasteiger charge is 2.11. The quantitative estimate of drug-likeness (QED) is 0.338. The number of halogens is 1. The van der Waals surface area contributed by atoms with Crippen molar-refractivity contribution in [2.45, 2.75) is 25.6 Å². The molecule has 0 N–H and O–H groups in total. The van der Waals surface area contributed by atoms with E-state index in [-0.39, 0.29) is 6.29 Å². The van der Waals surface area contributed by atoms with E-state index in [4.69, 9.17) is 21.1 Å². The molecule has 0 bridgehead atoms. The highest BCUT2D eigenvalue weighted by Crippen LogP contribution is 2.20. The van der Waals surface area contributed by atoms with E-state index in [2.05, 4.69) is 11.8 Å². The van der Waals surface area contributed by atoms with E-state index < -0.39 is 0 Å². The SMILES string of the molecule is COC(OC)c1ccccc1C#CCCCCCl. The Bertz CT molecular complexity index is 402. The molecule has 0 fully saturated rings. The van der Waals surface area contributed by atoms with Gasteiger partial charge in [-0.1, -0.05) is 30.0 Å². The van der Waals surface area contributed by atoms with Crippen LogP contribution in [0.2, 0.25) is 0 Å². The Labute approximate surface area is 114 Å². The first-order valence-electron chi connectivity index (χ1n) is 6.02. The summed E-state index contributed by atoms with van der Waals surface area (Å²) in [5.41, 5.74) is 1.92. The van der Waals surface area contributed by atoms with Crippen molar-refractivity contribution in [3.63, 3.8) is 0 Å². The first-order valence-corrected chi connectivity index (χ1v) is 6.56. The average Bonchev–Trinajstić information content (AvgIpc) is 2.41. The van der Waals surface area contributed by atoms with Gasteiger partial charge in [0.25, 0.3) is 0 Å². The first kappa shape index (κ1) is 15.0. The molecule has 0 saturated carbocycles. The normalized spacial score (nSPS) is 10.2. The van der Waals surface area contributed by atoms with E-state index in [0.717, 1.165) is 30.4 Å². The molecule has 0 aliphatic heterocycles. The van der Waals surface area contributed by atoms with Gasteiger partial charge in [-0.25, -0.2) is 0 Å². The average molecular weight is 267 g/mol. The maximum Gasteiger partial charge on any atom is 0.184 e. The Morgan fingerprint density at radius 2 is 1.89 bits per heavy atom. The summed E-state index contributed by atoms with van der Waals surface area (Å²) in [6, 6.07) is 7.88. The van der Waals surface area contributed by atoms with E-state index in [1.807, 2.05) is 24.3 Å². The van der Waals surface area contributed by atoms with Crippen LogP contribution in [0.25, 0.3) is 0 Å². The molecule has 1 rings (SSSR count). The molecule has 1 aromatic carbocycles. The third-order valence-corrected chi connectivity index (χ3v) is 2.82. The first-order chi connectivity index (χ1) is 8.83. The van der Waals surface area contributed by atoms with E-state index in [0.29, 0.717) is 5.88 Å². The summed E-state index contributed by atoms with van der Waals surface area (Å²) in [7, 11) is 3.25. The number of hydrogen-bond donors (Lipinski definition) is 0. The predicted molar refractivity (Wildman–Crippen MR) is 74.7 cm³/mol. The fourth-order valence-electron chi connectivity index (χ4n) is 1.63. The van der Waals surface area contributed by atoms with Gasteiger partial charge in [0.15, 0.2) is 6.29 Å². The van der Waals surface area contributed by atoms with Gasteiger partial charge in [0.1, 0.15) is 0 Å². The van der Waals surface area contributed by atoms with Crippen LogP contribution in [0.3, 0.4) is 0 Å². The van der Waals surface area contributed by atoms with Crippen molar-refractivity contribution in [2.75, 3.05) is 20.1 Å². The minimum Gasteiger partial charge on any atom is -0.352 e. The van der Waals surface area contributed by atoms with Crippen LogP contribution in [0, 0.1) is 11.8 Å². The molecular weight excluding hydrogens is 248 g/mol. The standard InChI is InChI=1S/C15H19ClO2/c1-17-15(18-2)14-11-7-6-10-13(14)9-5-3-4-8-12-16/h6-7,10-11,15H,3-4,8,12H2,1-2H3. The van der Waals surface area contributed by atoms with Crippen molar-refractivity contribution in [1.29, 1.82) is 0 Å². The summed E-state index contributed by atoms with van der Waals surface area (Å²) < 4.78 is 10.5. The summed E-state index contributed by atoms with van der Waals surface area (Å²) in [5.74, 6) is 7.03. The van der Waals surface area contributed by atoms with Crippen LogP contribution >= 0.6 is 11.6 Å². The molecule has 0 aliphatic carbocycles. The number of hydrogen-bond acceptors (Lipinski definition) is 2. The second kappa shape index (κ2) is 8.99. The van der Waals surface area contributed by atoms with E-state index in [1.165, 1.54) is 0 Å². The fourth-order valence-corrected chi connectivity index (χ4v) is 1.82. The van der Waals surface area contributed by atoms with Crippen molar-refractivity contribution in [3.8, 4) is 11.8 Å². The number of unbranched alkanes of at least 4 members (excludes halogenated alkanes) is 2. The maximum atomic E-state index is 5.62. The molecular formula is C15H19ClO2. The summed E-state index contributed by atoms with van der Waals surface area (Å²) in [6.45, 7) is 0. The van der Waals surface area contributed by atoms with Crippen molar-refractivity contribution in [1.82, 2.24) is 0 Å². The smallest absolute Gasteiger partial charge is 0.184 e. The van der Waals surface area contributed by atoms with Crippen molar-refractivity contribution in [2.24, 2.45) is 0 Å². The Morgan fingerprint density at radius 3 is 2.56 bits per heavy atom. The van der Waals surface area contributed by atoms with Gasteiger partial charge in [-0.2, -0.15) is 0 Å². The van der Waals surface area contributed by atoms with Crippen LogP contribution in [0.15, 0.2) is 24.3 Å². The molecule has 0 aromatic heterocycles. The van der Waals surface area contributed by atoms with E-state index in [9.17, 15) is 0 Å². The van der Waals surface area contributed by atoms with Gasteiger partial charge < -0.3 is 9.47 Å². The van der Waals surface area contributed by atoms with Gasteiger partial charge in [-0.05, 0) is 18.9 Å². The molecule has 18 heavy (non-hydrogen) atoms. The third-order valence-electron chi connectivity index (χ3n) is 2.55. The Balaban J connectivity index is 2.75. The molecule has 0 saturated heterocycles. The summed E-state index contributed by atoms with van der Waals surface area (Å²) in [5, 5.41) is 0. The maximum absolute atomic E-state index is 5.62. The molecule has 0 unspecified atom stereocenters. The number of rotatable bonds is 6. The molecule has 3 heteroatoms. The van der Waals surface area contributed by atoms with Gasteiger partial charge in [-0.15, -0.1) is 11.6 Å². The van der Waals surface area contributed by atoms with Crippen LogP contribution in [0.1, 0.15) is 36.7 Å². The number of ether oxygens (including phenoxy) is 2. The highest BCUT2D eigenvalue weighted by molar-refractivity contribution is 6.17. The van der Waals surface area contributed by atoms with Crippen LogP contribution in [0.4, 0.5) is 0 Å². The van der Waals surface area contributed by atoms with E-state index in [1.54, 1.807) is 14.2 Å². The fraction of sp³-hybridized carbons (Fsp3) is 0.467. The second-order valence-corrected chi connectivity index (χ2v) is 4.22. The molecule has 98 valence electrons. The minimum absolute atomic E-state index is 0.363. The van der Waals surface area contributed by atoms with Crippen molar-refractivity contribution >= 4 is 11.6 Å². The molecule has 1 aromatic rings. The lowest BCUT2D eigenvalue weighted by atomic mass is 10.1. The molecule has 0 aliphatic rings. The van der Waals surface area contributed by atoms with Crippen LogP contribution in [0.5, 0.6) is 0 Å². The predicted octanol–water partition coefficient (Wildman–Crippen LogP) is 3.74. The Morgan fingerprint density at radius 1 is 1.17 bits per heavy atom. The molecule has 0 heterocycles. The number of methoxy groups -OCH3 is 2. The van der Waals surface area contributed by atoms with Crippen LogP contribution in [-0.4, -0.2) is 20.1 Å². The Hall–Kier alpha value is -1.01. The monoisotopic (exact) mass is 266 g/mol. The number of benzene rings is 1. The zero-order valence-corrected chi connectivity index (χ0v) is 11.7. The molecule has 0 amide bonds. The molecule has 0 atom stereocenters. The number of alkyl halides is 1. The molecule has 2 nitrogen and oxygen atoms in total. The van der Waals surface area contributed by atoms with Gasteiger partial charge in [0.05, 0.1) is 0 Å². The van der Waals surface area contributed by atoms with Crippen molar-refractivity contribution in [3.05, 3.63) is 35.4 Å². The lowest BCUT2D eigenvalue weighted by Crippen LogP contribution is -2.05. The van der Waals surface area contributed by atoms with Gasteiger partial charge in [-0.3, -0.25) is 0 Å². The topological polar surface area (TPSA) is 18.5 Å². The highest BCUT2D eigenvalue weighted by atomic mass is 35.5. The molecule has 0 spiro atoms. The minimum atomic E-state index is -0.363. The van der Waals surface area contributed by atoms with Crippen molar-refractivity contribution < 1.29 is 9.47 Å². The largest absolute Gasteiger partial charge is 0.352 e. The lowest BCUT2D eigenvalue weighted by Gasteiger charge is -2.15. The summed E-state index contributed by atoms with van der Waals surface area (Å²) in [6.07, 6.45) is 2.55. The van der Waals surface area contributed by atoms with E-state index >= 15 is 0 Å². The van der Waals surface area contributed by atoms with Gasteiger partial charge in [0.2, 0.25) is 0 Å². The zero-order chi connectivity index (χ0) is 13.2. The van der Waals surface area contributed by atoms with Crippen LogP contribution in [-0.2, 0) is 9.47 Å². The second-order valence-electron chi connectivity index (χ2n) is 3.84. The Kier molecular flexibility index (Phi) is 7.52.